The second-order valence-electron chi connectivity index (χ2n) is 9.20. The highest BCUT2D eigenvalue weighted by molar-refractivity contribution is 5.77. The molecule has 2 atom stereocenters. The summed E-state index contributed by atoms with van der Waals surface area (Å²) >= 11 is 0. The highest BCUT2D eigenvalue weighted by Crippen LogP contribution is 2.14. The van der Waals surface area contributed by atoms with E-state index in [1.165, 1.54) is 17.2 Å². The summed E-state index contributed by atoms with van der Waals surface area (Å²) in [6, 6.07) is 25.0. The Bertz CT molecular complexity index is 1070. The third-order valence-corrected chi connectivity index (χ3v) is 6.40. The van der Waals surface area contributed by atoms with E-state index in [0.29, 0.717) is 38.3 Å². The summed E-state index contributed by atoms with van der Waals surface area (Å²) in [6.07, 6.45) is 1.44. The Morgan fingerprint density at radius 3 is 2.46 bits per heavy atom. The molecule has 0 aliphatic carbocycles. The number of nitrogens with zero attached hydrogens (tertiary/aromatic N) is 1. The molecule has 35 heavy (non-hydrogen) atoms. The Kier molecular flexibility index (Phi) is 9.01. The van der Waals surface area contributed by atoms with Crippen molar-refractivity contribution < 1.29 is 13.9 Å². The fourth-order valence-electron chi connectivity index (χ4n) is 4.50. The van der Waals surface area contributed by atoms with Crippen LogP contribution in [0, 0.1) is 5.82 Å². The van der Waals surface area contributed by atoms with Crippen LogP contribution >= 0.6 is 0 Å². The molecule has 1 aliphatic rings. The normalized spacial score (nSPS) is 16.7. The molecule has 3 aromatic carbocycles. The van der Waals surface area contributed by atoms with Gasteiger partial charge in [0.2, 0.25) is 5.91 Å². The Morgan fingerprint density at radius 1 is 1.00 bits per heavy atom. The van der Waals surface area contributed by atoms with E-state index in [1.54, 1.807) is 18.2 Å². The zero-order chi connectivity index (χ0) is 24.5. The van der Waals surface area contributed by atoms with Crippen LogP contribution in [0.4, 0.5) is 4.39 Å². The lowest BCUT2D eigenvalue weighted by atomic mass is 10.0. The number of hydrogen-bond donors (Lipinski definition) is 2. The first-order valence-electron chi connectivity index (χ1n) is 12.3. The van der Waals surface area contributed by atoms with Crippen LogP contribution in [-0.4, -0.2) is 49.1 Å². The molecule has 6 heteroatoms. The zero-order valence-corrected chi connectivity index (χ0v) is 20.0. The quantitative estimate of drug-likeness (QED) is 0.469. The van der Waals surface area contributed by atoms with Crippen LogP contribution < -0.4 is 11.1 Å². The maximum Gasteiger partial charge on any atom is 0.224 e. The van der Waals surface area contributed by atoms with Crippen LogP contribution in [0.1, 0.15) is 28.7 Å². The number of carbonyl (C=O) groups is 1. The van der Waals surface area contributed by atoms with Crippen molar-refractivity contribution >= 4 is 5.91 Å². The summed E-state index contributed by atoms with van der Waals surface area (Å²) in [5.74, 6) is -0.286. The van der Waals surface area contributed by atoms with E-state index in [2.05, 4.69) is 53.8 Å². The molecule has 5 nitrogen and oxygen atoms in total. The lowest BCUT2D eigenvalue weighted by Crippen LogP contribution is -2.56. The number of nitrogens with two attached hydrogens (primary N) is 1. The van der Waals surface area contributed by atoms with E-state index in [1.807, 2.05) is 11.0 Å². The first-order valence-corrected chi connectivity index (χ1v) is 12.3. The predicted molar refractivity (Wildman–Crippen MR) is 136 cm³/mol. The van der Waals surface area contributed by atoms with Crippen LogP contribution in [0.5, 0.6) is 0 Å². The zero-order valence-electron chi connectivity index (χ0n) is 20.0. The van der Waals surface area contributed by atoms with Crippen molar-refractivity contribution in [2.75, 3.05) is 26.2 Å². The van der Waals surface area contributed by atoms with Gasteiger partial charge in [-0.2, -0.15) is 0 Å². The van der Waals surface area contributed by atoms with Crippen LogP contribution in [-0.2, 0) is 29.0 Å². The third kappa shape index (κ3) is 7.46. The molecule has 0 bridgehead atoms. The van der Waals surface area contributed by atoms with E-state index in [9.17, 15) is 9.18 Å². The minimum Gasteiger partial charge on any atom is -0.375 e. The largest absolute Gasteiger partial charge is 0.375 e. The monoisotopic (exact) mass is 475 g/mol. The molecule has 1 amide bonds. The molecular weight excluding hydrogens is 441 g/mol. The Balaban J connectivity index is 1.25. The minimum atomic E-state index is -0.426. The van der Waals surface area contributed by atoms with Crippen molar-refractivity contribution in [3.05, 3.63) is 107 Å². The molecular formula is C29H34FN3O2. The number of ether oxygens (including phenoxy) is 1. The van der Waals surface area contributed by atoms with Gasteiger partial charge in [0.25, 0.3) is 0 Å². The number of amides is 1. The highest BCUT2D eigenvalue weighted by atomic mass is 19.1. The summed E-state index contributed by atoms with van der Waals surface area (Å²) in [7, 11) is 0. The van der Waals surface area contributed by atoms with Crippen LogP contribution in [0.25, 0.3) is 0 Å². The first kappa shape index (κ1) is 25.0. The fourth-order valence-corrected chi connectivity index (χ4v) is 4.50. The molecule has 4 rings (SSSR count). The van der Waals surface area contributed by atoms with Gasteiger partial charge in [-0.3, -0.25) is 4.79 Å². The Hall–Kier alpha value is -3.06. The van der Waals surface area contributed by atoms with Gasteiger partial charge in [-0.1, -0.05) is 72.8 Å². The van der Waals surface area contributed by atoms with Crippen molar-refractivity contribution in [3.63, 3.8) is 0 Å². The molecule has 1 aliphatic heterocycles. The van der Waals surface area contributed by atoms with Gasteiger partial charge in [0.05, 0.1) is 19.3 Å². The summed E-state index contributed by atoms with van der Waals surface area (Å²) in [5.41, 5.74) is 10.4. The summed E-state index contributed by atoms with van der Waals surface area (Å²) in [4.78, 5) is 14.8. The SMILES string of the molecule is N[C@@H](CC(=O)N1CCNC[C@H]1COCc1ccc(Cc2ccccc2)cc1)Cc1ccccc1F. The lowest BCUT2D eigenvalue weighted by molar-refractivity contribution is -0.136. The van der Waals surface area contributed by atoms with Gasteiger partial charge < -0.3 is 20.7 Å². The van der Waals surface area contributed by atoms with Gasteiger partial charge in [-0.25, -0.2) is 4.39 Å². The topological polar surface area (TPSA) is 67.6 Å². The smallest absolute Gasteiger partial charge is 0.224 e. The number of carbonyl (C=O) groups excluding carboxylic acids is 1. The molecule has 3 aromatic rings. The molecule has 0 saturated carbocycles. The van der Waals surface area contributed by atoms with Crippen molar-refractivity contribution in [2.24, 2.45) is 5.73 Å². The van der Waals surface area contributed by atoms with Gasteiger partial charge in [-0.05, 0) is 41.2 Å². The number of nitrogens with one attached hydrogen (secondary N) is 1. The van der Waals surface area contributed by atoms with Crippen molar-refractivity contribution in [2.45, 2.75) is 38.0 Å². The number of halogens is 1. The number of rotatable bonds is 10. The molecule has 3 N–H and O–H groups in total. The van der Waals surface area contributed by atoms with Gasteiger partial charge in [-0.15, -0.1) is 0 Å². The Labute approximate surface area is 207 Å². The molecule has 0 unspecified atom stereocenters. The van der Waals surface area contributed by atoms with Crippen molar-refractivity contribution in [1.82, 2.24) is 10.2 Å². The maximum absolute atomic E-state index is 13.9. The minimum absolute atomic E-state index is 0.00537. The first-order chi connectivity index (χ1) is 17.1. The third-order valence-electron chi connectivity index (χ3n) is 6.40. The second-order valence-corrected chi connectivity index (χ2v) is 9.20. The molecule has 0 aromatic heterocycles. The average molecular weight is 476 g/mol. The second kappa shape index (κ2) is 12.6. The van der Waals surface area contributed by atoms with Gasteiger partial charge in [0.1, 0.15) is 5.82 Å². The number of benzene rings is 3. The van der Waals surface area contributed by atoms with E-state index < -0.39 is 6.04 Å². The van der Waals surface area contributed by atoms with E-state index in [4.69, 9.17) is 10.5 Å². The van der Waals surface area contributed by atoms with Gasteiger partial charge in [0.15, 0.2) is 0 Å². The average Bonchev–Trinajstić information content (AvgIpc) is 2.87. The molecule has 1 saturated heterocycles. The number of piperazine rings is 1. The van der Waals surface area contributed by atoms with Crippen molar-refractivity contribution in [1.29, 1.82) is 0 Å². The molecule has 1 fully saturated rings. The molecule has 0 spiro atoms. The molecule has 0 radical (unpaired) electrons. The predicted octanol–water partition coefficient (Wildman–Crippen LogP) is 3.69. The van der Waals surface area contributed by atoms with E-state index in [-0.39, 0.29) is 24.2 Å². The Morgan fingerprint density at radius 2 is 1.69 bits per heavy atom. The molecule has 184 valence electrons. The van der Waals surface area contributed by atoms with Gasteiger partial charge in [0, 0.05) is 32.1 Å². The van der Waals surface area contributed by atoms with E-state index >= 15 is 0 Å². The standard InChI is InChI=1S/C29H34FN3O2/c30-28-9-5-4-8-25(28)17-26(31)18-29(34)33-15-14-32-19-27(33)21-35-20-24-12-10-23(11-13-24)16-22-6-2-1-3-7-22/h1-13,26-27,32H,14-21,31H2/t26-,27+/m1/s1. The van der Waals surface area contributed by atoms with Crippen LogP contribution in [0.3, 0.4) is 0 Å². The van der Waals surface area contributed by atoms with E-state index in [0.717, 1.165) is 18.5 Å². The van der Waals surface area contributed by atoms with Gasteiger partial charge >= 0.3 is 0 Å². The summed E-state index contributed by atoms with van der Waals surface area (Å²) in [6.45, 7) is 3.00. The van der Waals surface area contributed by atoms with Crippen LogP contribution in [0.2, 0.25) is 0 Å². The van der Waals surface area contributed by atoms with Crippen molar-refractivity contribution in [3.8, 4) is 0 Å². The summed E-state index contributed by atoms with van der Waals surface area (Å²) < 4.78 is 19.9. The fraction of sp³-hybridized carbons (Fsp3) is 0.345. The lowest BCUT2D eigenvalue weighted by Gasteiger charge is -2.36. The van der Waals surface area contributed by atoms with Crippen LogP contribution in [0.15, 0.2) is 78.9 Å². The molecule has 1 heterocycles. The maximum atomic E-state index is 13.9. The number of hydrogen-bond acceptors (Lipinski definition) is 4. The summed E-state index contributed by atoms with van der Waals surface area (Å²) in [5, 5.41) is 3.34. The highest BCUT2D eigenvalue weighted by Gasteiger charge is 2.27.